The molecule has 0 aliphatic heterocycles. The first kappa shape index (κ1) is 12.5. The lowest BCUT2D eigenvalue weighted by molar-refractivity contribution is -0.137. The standard InChI is InChI=1S/C14H9F3N2O/c15-14(16,17)9-1-2-10(11(20)7-9)13-12-8(3-5-18-12)4-6-19-13/h1-7,18,20H. The number of nitrogens with zero attached hydrogens (tertiary/aromatic N) is 1. The molecule has 6 heteroatoms. The van der Waals surface area contributed by atoms with E-state index in [1.807, 2.05) is 6.07 Å². The fourth-order valence-electron chi connectivity index (χ4n) is 2.09. The van der Waals surface area contributed by atoms with Gasteiger partial charge in [0.2, 0.25) is 0 Å². The maximum atomic E-state index is 12.6. The molecule has 0 radical (unpaired) electrons. The van der Waals surface area contributed by atoms with Crippen LogP contribution in [0.5, 0.6) is 5.75 Å². The third-order valence-electron chi connectivity index (χ3n) is 3.05. The SMILES string of the molecule is Oc1cc(C(F)(F)F)ccc1-c1nccc2cc[nH]c12. The fraction of sp³-hybridized carbons (Fsp3) is 0.0714. The Hall–Kier alpha value is -2.50. The molecule has 0 spiro atoms. The van der Waals surface area contributed by atoms with Crippen molar-refractivity contribution < 1.29 is 18.3 Å². The average molecular weight is 278 g/mol. The van der Waals surface area contributed by atoms with Crippen molar-refractivity contribution in [3.05, 3.63) is 48.3 Å². The minimum Gasteiger partial charge on any atom is -0.507 e. The van der Waals surface area contributed by atoms with Crippen LogP contribution < -0.4 is 0 Å². The van der Waals surface area contributed by atoms with Crippen molar-refractivity contribution in [1.29, 1.82) is 0 Å². The van der Waals surface area contributed by atoms with Crippen LogP contribution in [0.3, 0.4) is 0 Å². The number of hydrogen-bond donors (Lipinski definition) is 2. The van der Waals surface area contributed by atoms with Crippen LogP contribution in [0, 0.1) is 0 Å². The highest BCUT2D eigenvalue weighted by Gasteiger charge is 2.31. The number of fused-ring (bicyclic) bond motifs is 1. The lowest BCUT2D eigenvalue weighted by Gasteiger charge is -2.10. The molecule has 3 nitrogen and oxygen atoms in total. The van der Waals surface area contributed by atoms with E-state index in [-0.39, 0.29) is 5.56 Å². The molecule has 0 unspecified atom stereocenters. The Bertz CT molecular complexity index is 777. The minimum atomic E-state index is -4.48. The van der Waals surface area contributed by atoms with E-state index in [1.54, 1.807) is 18.5 Å². The second-order valence-electron chi connectivity index (χ2n) is 4.33. The zero-order valence-corrected chi connectivity index (χ0v) is 10.1. The summed E-state index contributed by atoms with van der Waals surface area (Å²) in [6.07, 6.45) is -1.23. The number of pyridine rings is 1. The number of benzene rings is 1. The average Bonchev–Trinajstić information content (AvgIpc) is 2.85. The van der Waals surface area contributed by atoms with E-state index < -0.39 is 17.5 Å². The summed E-state index contributed by atoms with van der Waals surface area (Å²) in [7, 11) is 0. The van der Waals surface area contributed by atoms with Crippen LogP contribution in [-0.2, 0) is 6.18 Å². The molecule has 20 heavy (non-hydrogen) atoms. The summed E-state index contributed by atoms with van der Waals surface area (Å²) >= 11 is 0. The van der Waals surface area contributed by atoms with E-state index >= 15 is 0 Å². The maximum absolute atomic E-state index is 12.6. The lowest BCUT2D eigenvalue weighted by atomic mass is 10.1. The van der Waals surface area contributed by atoms with Crippen molar-refractivity contribution in [2.45, 2.75) is 6.18 Å². The molecule has 0 bridgehead atoms. The van der Waals surface area contributed by atoms with Gasteiger partial charge in [-0.25, -0.2) is 0 Å². The van der Waals surface area contributed by atoms with Gasteiger partial charge in [0.25, 0.3) is 0 Å². The number of nitrogens with one attached hydrogen (secondary N) is 1. The third kappa shape index (κ3) is 1.99. The van der Waals surface area contributed by atoms with E-state index in [0.717, 1.165) is 11.5 Å². The zero-order chi connectivity index (χ0) is 14.3. The number of hydrogen-bond acceptors (Lipinski definition) is 2. The van der Waals surface area contributed by atoms with Gasteiger partial charge in [0.05, 0.1) is 16.8 Å². The van der Waals surface area contributed by atoms with Crippen molar-refractivity contribution in [3.63, 3.8) is 0 Å². The summed E-state index contributed by atoms with van der Waals surface area (Å²) in [5, 5.41) is 10.7. The number of alkyl halides is 3. The largest absolute Gasteiger partial charge is 0.507 e. The molecule has 0 aliphatic rings. The molecule has 0 atom stereocenters. The minimum absolute atomic E-state index is 0.256. The smallest absolute Gasteiger partial charge is 0.416 e. The maximum Gasteiger partial charge on any atom is 0.416 e. The molecule has 0 aliphatic carbocycles. The molecular formula is C14H9F3N2O. The van der Waals surface area contributed by atoms with Crippen LogP contribution in [0.2, 0.25) is 0 Å². The van der Waals surface area contributed by atoms with Crippen LogP contribution in [0.15, 0.2) is 42.7 Å². The molecule has 0 saturated carbocycles. The van der Waals surface area contributed by atoms with Gasteiger partial charge in [-0.3, -0.25) is 4.98 Å². The Balaban J connectivity index is 2.18. The van der Waals surface area contributed by atoms with Crippen LogP contribution in [0.4, 0.5) is 13.2 Å². The monoisotopic (exact) mass is 278 g/mol. The molecule has 3 aromatic rings. The lowest BCUT2D eigenvalue weighted by Crippen LogP contribution is -2.04. The van der Waals surface area contributed by atoms with Crippen molar-refractivity contribution >= 4 is 10.9 Å². The van der Waals surface area contributed by atoms with Gasteiger partial charge in [0.15, 0.2) is 0 Å². The number of rotatable bonds is 1. The van der Waals surface area contributed by atoms with Gasteiger partial charge in [-0.2, -0.15) is 13.2 Å². The number of phenols is 1. The van der Waals surface area contributed by atoms with Crippen LogP contribution in [0.25, 0.3) is 22.2 Å². The Morgan fingerprint density at radius 2 is 1.90 bits per heavy atom. The molecule has 0 amide bonds. The second kappa shape index (κ2) is 4.26. The zero-order valence-electron chi connectivity index (χ0n) is 10.1. The Kier molecular flexibility index (Phi) is 2.67. The third-order valence-corrected chi connectivity index (χ3v) is 3.05. The molecule has 2 heterocycles. The van der Waals surface area contributed by atoms with Gasteiger partial charge in [-0.15, -0.1) is 0 Å². The normalized spacial score (nSPS) is 11.9. The van der Waals surface area contributed by atoms with E-state index in [4.69, 9.17) is 0 Å². The first-order valence-corrected chi connectivity index (χ1v) is 5.79. The van der Waals surface area contributed by atoms with E-state index in [0.29, 0.717) is 17.3 Å². The Morgan fingerprint density at radius 1 is 1.10 bits per heavy atom. The Morgan fingerprint density at radius 3 is 2.60 bits per heavy atom. The first-order valence-electron chi connectivity index (χ1n) is 5.79. The van der Waals surface area contributed by atoms with Crippen molar-refractivity contribution in [1.82, 2.24) is 9.97 Å². The van der Waals surface area contributed by atoms with Gasteiger partial charge >= 0.3 is 6.18 Å². The molecule has 2 aromatic heterocycles. The van der Waals surface area contributed by atoms with Gasteiger partial charge < -0.3 is 10.1 Å². The number of halogens is 3. The van der Waals surface area contributed by atoms with Crippen molar-refractivity contribution in [2.75, 3.05) is 0 Å². The number of aromatic hydroxyl groups is 1. The first-order chi connectivity index (χ1) is 9.47. The van der Waals surface area contributed by atoms with Crippen molar-refractivity contribution in [2.24, 2.45) is 0 Å². The van der Waals surface area contributed by atoms with Crippen LogP contribution in [-0.4, -0.2) is 15.1 Å². The van der Waals surface area contributed by atoms with Gasteiger partial charge in [0, 0.05) is 23.3 Å². The van der Waals surface area contributed by atoms with E-state index in [1.165, 1.54) is 6.07 Å². The van der Waals surface area contributed by atoms with Crippen LogP contribution >= 0.6 is 0 Å². The topological polar surface area (TPSA) is 48.9 Å². The number of aromatic amines is 1. The van der Waals surface area contributed by atoms with Gasteiger partial charge in [-0.05, 0) is 30.3 Å². The molecule has 102 valence electrons. The number of aromatic nitrogens is 2. The fourth-order valence-corrected chi connectivity index (χ4v) is 2.09. The van der Waals surface area contributed by atoms with Gasteiger partial charge in [-0.1, -0.05) is 0 Å². The summed E-state index contributed by atoms with van der Waals surface area (Å²) in [6, 6.07) is 6.45. The summed E-state index contributed by atoms with van der Waals surface area (Å²) < 4.78 is 37.7. The summed E-state index contributed by atoms with van der Waals surface area (Å²) in [6.45, 7) is 0. The van der Waals surface area contributed by atoms with Crippen molar-refractivity contribution in [3.8, 4) is 17.0 Å². The Labute approximate surface area is 111 Å². The summed E-state index contributed by atoms with van der Waals surface area (Å²) in [5.41, 5.74) is 0.449. The second-order valence-corrected chi connectivity index (χ2v) is 4.33. The highest BCUT2D eigenvalue weighted by atomic mass is 19.4. The van der Waals surface area contributed by atoms with Gasteiger partial charge in [0.1, 0.15) is 5.75 Å². The highest BCUT2D eigenvalue weighted by Crippen LogP contribution is 2.37. The van der Waals surface area contributed by atoms with Crippen LogP contribution in [0.1, 0.15) is 5.56 Å². The molecule has 0 saturated heterocycles. The molecule has 3 rings (SSSR count). The summed E-state index contributed by atoms with van der Waals surface area (Å²) in [4.78, 5) is 7.09. The number of H-pyrrole nitrogens is 1. The van der Waals surface area contributed by atoms with E-state index in [2.05, 4.69) is 9.97 Å². The molecule has 0 fully saturated rings. The quantitative estimate of drug-likeness (QED) is 0.708. The number of phenolic OH excluding ortho intramolecular Hbond substituents is 1. The molecule has 2 N–H and O–H groups in total. The summed E-state index contributed by atoms with van der Waals surface area (Å²) in [5.74, 6) is -0.450. The highest BCUT2D eigenvalue weighted by molar-refractivity contribution is 5.93. The predicted octanol–water partition coefficient (Wildman–Crippen LogP) is 3.95. The molecule has 1 aromatic carbocycles. The molecular weight excluding hydrogens is 269 g/mol. The predicted molar refractivity (Wildman–Crippen MR) is 68.2 cm³/mol. The van der Waals surface area contributed by atoms with E-state index in [9.17, 15) is 18.3 Å².